The van der Waals surface area contributed by atoms with Crippen LogP contribution in [0.4, 0.5) is 5.69 Å². The van der Waals surface area contributed by atoms with Crippen LogP contribution in [0.25, 0.3) is 10.2 Å². The Labute approximate surface area is 189 Å². The molecule has 160 valence electrons. The number of nitrogens with one attached hydrogen (secondary N) is 2. The minimum atomic E-state index is -0.329. The second kappa shape index (κ2) is 8.88. The van der Waals surface area contributed by atoms with Crippen LogP contribution in [0, 0.1) is 0 Å². The maximum absolute atomic E-state index is 13.0. The highest BCUT2D eigenvalue weighted by molar-refractivity contribution is 8.15. The predicted octanol–water partition coefficient (Wildman–Crippen LogP) is 4.64. The van der Waals surface area contributed by atoms with Crippen LogP contribution in [0.5, 0.6) is 0 Å². The molecule has 5 rings (SSSR count). The van der Waals surface area contributed by atoms with Crippen molar-refractivity contribution in [1.29, 1.82) is 0 Å². The molecule has 31 heavy (non-hydrogen) atoms. The van der Waals surface area contributed by atoms with Gasteiger partial charge in [0.15, 0.2) is 5.50 Å². The molecular formula is C23H25N5OS2. The van der Waals surface area contributed by atoms with Gasteiger partial charge in [0.2, 0.25) is 0 Å². The zero-order valence-electron chi connectivity index (χ0n) is 17.2. The number of thioether (sulfide) groups is 1. The molecule has 0 bridgehead atoms. The van der Waals surface area contributed by atoms with Gasteiger partial charge in [0.25, 0.3) is 5.91 Å². The number of nitrogens with zero attached hydrogens (tertiary/aromatic N) is 2. The summed E-state index contributed by atoms with van der Waals surface area (Å²) in [6.45, 7) is 0. The fraction of sp³-hybridized carbons (Fsp3) is 0.348. The molecule has 1 amide bonds. The highest BCUT2D eigenvalue weighted by Crippen LogP contribution is 2.35. The summed E-state index contributed by atoms with van der Waals surface area (Å²) in [5, 5.41) is 9.11. The Kier molecular flexibility index (Phi) is 5.82. The maximum atomic E-state index is 13.0. The molecule has 1 aliphatic carbocycles. The van der Waals surface area contributed by atoms with Crippen molar-refractivity contribution in [2.45, 2.75) is 50.4 Å². The monoisotopic (exact) mass is 451 g/mol. The van der Waals surface area contributed by atoms with Crippen LogP contribution in [0.15, 0.2) is 41.5 Å². The highest BCUT2D eigenvalue weighted by atomic mass is 32.2. The minimum Gasteiger partial charge on any atom is -0.397 e. The quantitative estimate of drug-likeness (QED) is 0.540. The average Bonchev–Trinajstić information content (AvgIpc) is 3.40. The summed E-state index contributed by atoms with van der Waals surface area (Å²) in [7, 11) is 0. The largest absolute Gasteiger partial charge is 0.397 e. The number of aromatic nitrogens is 1. The number of hydrazone groups is 1. The van der Waals surface area contributed by atoms with E-state index in [0.717, 1.165) is 33.7 Å². The van der Waals surface area contributed by atoms with Gasteiger partial charge < -0.3 is 11.1 Å². The Hall–Kier alpha value is -2.58. The number of anilines is 1. The summed E-state index contributed by atoms with van der Waals surface area (Å²) in [4.78, 5) is 19.3. The summed E-state index contributed by atoms with van der Waals surface area (Å²) in [6, 6.07) is 12.1. The zero-order chi connectivity index (χ0) is 21.2. The van der Waals surface area contributed by atoms with Gasteiger partial charge in [0, 0.05) is 16.6 Å². The van der Waals surface area contributed by atoms with Crippen molar-refractivity contribution in [3.63, 3.8) is 0 Å². The van der Waals surface area contributed by atoms with Gasteiger partial charge in [-0.25, -0.2) is 4.98 Å². The van der Waals surface area contributed by atoms with Crippen molar-refractivity contribution >= 4 is 50.0 Å². The van der Waals surface area contributed by atoms with Gasteiger partial charge in [-0.3, -0.25) is 10.2 Å². The highest BCUT2D eigenvalue weighted by Gasteiger charge is 2.25. The summed E-state index contributed by atoms with van der Waals surface area (Å²) < 4.78 is 0. The summed E-state index contributed by atoms with van der Waals surface area (Å²) >= 11 is 2.86. The van der Waals surface area contributed by atoms with Gasteiger partial charge in [-0.1, -0.05) is 61.4 Å². The molecular weight excluding hydrogens is 426 g/mol. The normalized spacial score (nSPS) is 19.0. The van der Waals surface area contributed by atoms with Gasteiger partial charge >= 0.3 is 0 Å². The van der Waals surface area contributed by atoms with Crippen LogP contribution >= 0.6 is 23.1 Å². The van der Waals surface area contributed by atoms with Gasteiger partial charge in [-0.05, 0) is 37.3 Å². The molecule has 4 N–H and O–H groups in total. The molecule has 1 aliphatic heterocycles. The number of rotatable bonds is 3. The number of benzene rings is 1. The molecule has 0 radical (unpaired) electrons. The SMILES string of the molecule is Nc1c(C(=O)NC2NN=C(c3ccccc3)S2)sc2nc3c(cc12)CCCCCCC3. The fourth-order valence-electron chi connectivity index (χ4n) is 4.10. The van der Waals surface area contributed by atoms with E-state index in [2.05, 4.69) is 21.9 Å². The molecule has 0 saturated heterocycles. The van der Waals surface area contributed by atoms with Crippen molar-refractivity contribution in [1.82, 2.24) is 15.7 Å². The molecule has 3 heterocycles. The van der Waals surface area contributed by atoms with Gasteiger partial charge in [-0.2, -0.15) is 5.10 Å². The van der Waals surface area contributed by atoms with Crippen LogP contribution in [0.1, 0.15) is 58.6 Å². The first-order chi connectivity index (χ1) is 15.2. The predicted molar refractivity (Wildman–Crippen MR) is 129 cm³/mol. The molecule has 1 unspecified atom stereocenters. The minimum absolute atomic E-state index is 0.195. The smallest absolute Gasteiger partial charge is 0.265 e. The van der Waals surface area contributed by atoms with Crippen LogP contribution in [-0.2, 0) is 12.8 Å². The molecule has 6 nitrogen and oxygen atoms in total. The molecule has 1 atom stereocenters. The van der Waals surface area contributed by atoms with Gasteiger partial charge in [0.05, 0.1) is 5.69 Å². The van der Waals surface area contributed by atoms with E-state index in [9.17, 15) is 4.79 Å². The molecule has 0 spiro atoms. The Bertz CT molecular complexity index is 1140. The third-order valence-electron chi connectivity index (χ3n) is 5.75. The lowest BCUT2D eigenvalue weighted by Crippen LogP contribution is -2.38. The Morgan fingerprint density at radius 1 is 1.10 bits per heavy atom. The molecule has 0 saturated carbocycles. The molecule has 2 aromatic heterocycles. The number of aryl methyl sites for hydroxylation is 2. The molecule has 0 fully saturated rings. The van der Waals surface area contributed by atoms with E-state index in [1.165, 1.54) is 66.5 Å². The zero-order valence-corrected chi connectivity index (χ0v) is 18.8. The van der Waals surface area contributed by atoms with Crippen LogP contribution in [0.2, 0.25) is 0 Å². The molecule has 1 aromatic carbocycles. The third-order valence-corrected chi connectivity index (χ3v) is 7.87. The van der Waals surface area contributed by atoms with Crippen molar-refractivity contribution in [2.24, 2.45) is 5.10 Å². The van der Waals surface area contributed by atoms with Crippen molar-refractivity contribution in [2.75, 3.05) is 5.73 Å². The summed E-state index contributed by atoms with van der Waals surface area (Å²) in [6.07, 6.45) is 8.24. The number of carbonyl (C=O) groups is 1. The molecule has 8 heteroatoms. The second-order valence-corrected chi connectivity index (χ2v) is 10.0. The van der Waals surface area contributed by atoms with Crippen LogP contribution < -0.4 is 16.5 Å². The number of hydrogen-bond donors (Lipinski definition) is 3. The number of nitrogen functional groups attached to an aromatic ring is 1. The third kappa shape index (κ3) is 4.27. The first-order valence-corrected chi connectivity index (χ1v) is 12.5. The lowest BCUT2D eigenvalue weighted by Gasteiger charge is -2.11. The van der Waals surface area contributed by atoms with Crippen molar-refractivity contribution in [3.8, 4) is 0 Å². The first kappa shape index (κ1) is 20.3. The molecule has 3 aromatic rings. The maximum Gasteiger partial charge on any atom is 0.265 e. The van der Waals surface area contributed by atoms with E-state index >= 15 is 0 Å². The number of carbonyl (C=O) groups excluding carboxylic acids is 1. The van der Waals surface area contributed by atoms with E-state index in [4.69, 9.17) is 10.7 Å². The van der Waals surface area contributed by atoms with Gasteiger partial charge in [-0.15, -0.1) is 11.3 Å². The van der Waals surface area contributed by atoms with E-state index in [1.807, 2.05) is 30.3 Å². The summed E-state index contributed by atoms with van der Waals surface area (Å²) in [5.41, 5.74) is 13.1. The van der Waals surface area contributed by atoms with Crippen molar-refractivity contribution in [3.05, 3.63) is 58.1 Å². The number of hydrogen-bond acceptors (Lipinski definition) is 7. The lowest BCUT2D eigenvalue weighted by atomic mass is 10.0. The topological polar surface area (TPSA) is 92.4 Å². The Balaban J connectivity index is 1.34. The number of thiophene rings is 1. The van der Waals surface area contributed by atoms with E-state index in [-0.39, 0.29) is 11.4 Å². The second-order valence-electron chi connectivity index (χ2n) is 7.94. The lowest BCUT2D eigenvalue weighted by molar-refractivity contribution is 0.0951. The molecule has 2 aliphatic rings. The fourth-order valence-corrected chi connectivity index (χ4v) is 5.97. The number of amides is 1. The van der Waals surface area contributed by atoms with E-state index in [0.29, 0.717) is 10.6 Å². The summed E-state index contributed by atoms with van der Waals surface area (Å²) in [5.74, 6) is -0.195. The first-order valence-electron chi connectivity index (χ1n) is 10.8. The number of fused-ring (bicyclic) bond motifs is 2. The Morgan fingerprint density at radius 2 is 1.87 bits per heavy atom. The van der Waals surface area contributed by atoms with E-state index in [1.54, 1.807) is 0 Å². The average molecular weight is 452 g/mol. The Morgan fingerprint density at radius 3 is 2.71 bits per heavy atom. The van der Waals surface area contributed by atoms with Crippen LogP contribution in [0.3, 0.4) is 0 Å². The number of nitrogens with two attached hydrogens (primary N) is 1. The number of pyridine rings is 1. The van der Waals surface area contributed by atoms with Gasteiger partial charge in [0.1, 0.15) is 14.8 Å². The standard InChI is InChI=1S/C23H25N5OS2/c24-18-16-13-15-11-5-2-1-3-8-12-17(15)25-22(16)30-19(18)20(29)26-23-28-27-21(31-23)14-9-6-4-7-10-14/h4,6-7,9-10,13,23,28H,1-3,5,8,11-12,24H2,(H,26,29). The van der Waals surface area contributed by atoms with E-state index < -0.39 is 0 Å². The van der Waals surface area contributed by atoms with Crippen molar-refractivity contribution < 1.29 is 4.79 Å². The van der Waals surface area contributed by atoms with Crippen LogP contribution in [-0.4, -0.2) is 21.4 Å².